The fourth-order valence-corrected chi connectivity index (χ4v) is 2.76. The normalized spacial score (nSPS) is 16.7. The first-order chi connectivity index (χ1) is 8.46. The highest BCUT2D eigenvalue weighted by Crippen LogP contribution is 2.55. The lowest BCUT2D eigenvalue weighted by Gasteiger charge is -2.21. The standard InChI is InChI=1S/C16H20O2/c1-6-18-15(17)16(12(4)13(16)5)14-9-10(2)7-8-11(14)3/h7-9H,6H2,1-5H3. The quantitative estimate of drug-likeness (QED) is 0.601. The Morgan fingerprint density at radius 2 is 1.78 bits per heavy atom. The topological polar surface area (TPSA) is 26.3 Å². The van der Waals surface area contributed by atoms with Gasteiger partial charge in [0, 0.05) is 0 Å². The van der Waals surface area contributed by atoms with Gasteiger partial charge in [-0.05, 0) is 56.9 Å². The fraction of sp³-hybridized carbons (Fsp3) is 0.438. The van der Waals surface area contributed by atoms with E-state index in [1.807, 2.05) is 20.8 Å². The van der Waals surface area contributed by atoms with Crippen LogP contribution in [-0.2, 0) is 14.9 Å². The molecule has 2 heteroatoms. The molecule has 0 heterocycles. The highest BCUT2D eigenvalue weighted by atomic mass is 16.5. The summed E-state index contributed by atoms with van der Waals surface area (Å²) < 4.78 is 5.28. The lowest BCUT2D eigenvalue weighted by atomic mass is 9.84. The van der Waals surface area contributed by atoms with Crippen LogP contribution in [0.1, 0.15) is 37.5 Å². The van der Waals surface area contributed by atoms with Crippen LogP contribution in [-0.4, -0.2) is 12.6 Å². The molecular formula is C16H20O2. The summed E-state index contributed by atoms with van der Waals surface area (Å²) in [5.41, 5.74) is 5.09. The van der Waals surface area contributed by atoms with Crippen LogP contribution in [0.2, 0.25) is 0 Å². The maximum atomic E-state index is 12.3. The molecule has 0 unspecified atom stereocenters. The number of hydrogen-bond acceptors (Lipinski definition) is 2. The number of aryl methyl sites for hydroxylation is 2. The predicted octanol–water partition coefficient (Wildman–Crippen LogP) is 3.45. The van der Waals surface area contributed by atoms with E-state index >= 15 is 0 Å². The maximum Gasteiger partial charge on any atom is 0.324 e. The second kappa shape index (κ2) is 4.27. The number of esters is 1. The molecule has 0 bridgehead atoms. The van der Waals surface area contributed by atoms with Crippen LogP contribution >= 0.6 is 0 Å². The minimum atomic E-state index is -0.577. The van der Waals surface area contributed by atoms with Crippen molar-refractivity contribution in [2.45, 2.75) is 40.0 Å². The Morgan fingerprint density at radius 1 is 1.17 bits per heavy atom. The number of rotatable bonds is 3. The highest BCUT2D eigenvalue weighted by Gasteiger charge is 2.57. The van der Waals surface area contributed by atoms with Gasteiger partial charge in [0.1, 0.15) is 5.41 Å². The molecule has 18 heavy (non-hydrogen) atoms. The average Bonchev–Trinajstić information content (AvgIpc) is 2.87. The van der Waals surface area contributed by atoms with Crippen molar-refractivity contribution in [3.8, 4) is 0 Å². The van der Waals surface area contributed by atoms with E-state index in [9.17, 15) is 4.79 Å². The van der Waals surface area contributed by atoms with E-state index in [0.717, 1.165) is 22.3 Å². The number of hydrogen-bond donors (Lipinski definition) is 0. The number of ether oxygens (including phenoxy) is 1. The monoisotopic (exact) mass is 244 g/mol. The van der Waals surface area contributed by atoms with Gasteiger partial charge in [0.2, 0.25) is 0 Å². The Hall–Kier alpha value is -1.57. The number of carbonyl (C=O) groups excluding carboxylic acids is 1. The van der Waals surface area contributed by atoms with Crippen LogP contribution in [0.15, 0.2) is 29.3 Å². The minimum Gasteiger partial charge on any atom is -0.465 e. The van der Waals surface area contributed by atoms with Gasteiger partial charge in [-0.2, -0.15) is 0 Å². The zero-order chi connectivity index (χ0) is 13.5. The van der Waals surface area contributed by atoms with Crippen LogP contribution in [0.25, 0.3) is 0 Å². The van der Waals surface area contributed by atoms with Crippen molar-refractivity contribution in [1.82, 2.24) is 0 Å². The molecule has 1 aromatic carbocycles. The summed E-state index contributed by atoms with van der Waals surface area (Å²) in [5.74, 6) is -0.131. The van der Waals surface area contributed by atoms with Crippen molar-refractivity contribution in [2.75, 3.05) is 6.61 Å². The van der Waals surface area contributed by atoms with Gasteiger partial charge in [-0.1, -0.05) is 23.8 Å². The van der Waals surface area contributed by atoms with Gasteiger partial charge in [-0.3, -0.25) is 4.79 Å². The Morgan fingerprint density at radius 3 is 2.28 bits per heavy atom. The second-order valence-corrected chi connectivity index (χ2v) is 5.04. The largest absolute Gasteiger partial charge is 0.465 e. The molecule has 96 valence electrons. The molecule has 1 aromatic rings. The first-order valence-corrected chi connectivity index (χ1v) is 6.39. The third-order valence-corrected chi connectivity index (χ3v) is 4.00. The van der Waals surface area contributed by atoms with E-state index in [-0.39, 0.29) is 5.97 Å². The second-order valence-electron chi connectivity index (χ2n) is 5.04. The van der Waals surface area contributed by atoms with Crippen LogP contribution in [0.5, 0.6) is 0 Å². The fourth-order valence-electron chi connectivity index (χ4n) is 2.76. The van der Waals surface area contributed by atoms with Crippen LogP contribution in [0, 0.1) is 13.8 Å². The molecule has 2 nitrogen and oxygen atoms in total. The van der Waals surface area contributed by atoms with Gasteiger partial charge in [0.05, 0.1) is 6.61 Å². The summed E-state index contributed by atoms with van der Waals surface area (Å²) in [6, 6.07) is 6.25. The molecule has 0 saturated heterocycles. The van der Waals surface area contributed by atoms with Gasteiger partial charge in [0.25, 0.3) is 0 Å². The summed E-state index contributed by atoms with van der Waals surface area (Å²) >= 11 is 0. The molecule has 1 aliphatic rings. The van der Waals surface area contributed by atoms with Crippen molar-refractivity contribution in [2.24, 2.45) is 0 Å². The smallest absolute Gasteiger partial charge is 0.324 e. The molecule has 0 spiro atoms. The molecule has 0 aromatic heterocycles. The van der Waals surface area contributed by atoms with Gasteiger partial charge in [-0.15, -0.1) is 0 Å². The van der Waals surface area contributed by atoms with E-state index in [2.05, 4.69) is 32.0 Å². The lowest BCUT2D eigenvalue weighted by Crippen LogP contribution is -2.29. The Balaban J connectivity index is 2.51. The van der Waals surface area contributed by atoms with Crippen LogP contribution in [0.3, 0.4) is 0 Å². The van der Waals surface area contributed by atoms with Crippen LogP contribution in [0.4, 0.5) is 0 Å². The first-order valence-electron chi connectivity index (χ1n) is 6.39. The van der Waals surface area contributed by atoms with Crippen molar-refractivity contribution in [1.29, 1.82) is 0 Å². The maximum absolute atomic E-state index is 12.3. The Bertz CT molecular complexity index is 526. The molecule has 0 fully saturated rings. The van der Waals surface area contributed by atoms with E-state index in [1.165, 1.54) is 5.56 Å². The zero-order valence-corrected chi connectivity index (χ0v) is 11.8. The SMILES string of the molecule is CCOC(=O)C1(c2cc(C)ccc2C)C(C)=C1C. The van der Waals surface area contributed by atoms with Crippen molar-refractivity contribution in [3.05, 3.63) is 46.0 Å². The van der Waals surface area contributed by atoms with Crippen molar-refractivity contribution in [3.63, 3.8) is 0 Å². The third kappa shape index (κ3) is 1.59. The number of carbonyl (C=O) groups is 1. The Labute approximate surface area is 109 Å². The van der Waals surface area contributed by atoms with Crippen molar-refractivity contribution < 1.29 is 9.53 Å². The molecule has 2 rings (SSSR count). The van der Waals surface area contributed by atoms with E-state index in [0.29, 0.717) is 6.61 Å². The van der Waals surface area contributed by atoms with Crippen LogP contribution < -0.4 is 0 Å². The molecular weight excluding hydrogens is 224 g/mol. The molecule has 0 amide bonds. The van der Waals surface area contributed by atoms with E-state index in [1.54, 1.807) is 0 Å². The minimum absolute atomic E-state index is 0.131. The molecule has 0 atom stereocenters. The molecule has 0 aliphatic heterocycles. The van der Waals surface area contributed by atoms with Gasteiger partial charge >= 0.3 is 5.97 Å². The van der Waals surface area contributed by atoms with Crippen molar-refractivity contribution >= 4 is 5.97 Å². The third-order valence-electron chi connectivity index (χ3n) is 4.00. The number of benzene rings is 1. The van der Waals surface area contributed by atoms with E-state index < -0.39 is 5.41 Å². The summed E-state index contributed by atoms with van der Waals surface area (Å²) in [6.07, 6.45) is 0. The average molecular weight is 244 g/mol. The van der Waals surface area contributed by atoms with Gasteiger partial charge in [0.15, 0.2) is 0 Å². The Kier molecular flexibility index (Phi) is 3.05. The summed E-state index contributed by atoms with van der Waals surface area (Å²) in [5, 5.41) is 0. The first kappa shape index (κ1) is 12.9. The summed E-state index contributed by atoms with van der Waals surface area (Å²) in [4.78, 5) is 12.3. The summed E-state index contributed by atoms with van der Waals surface area (Å²) in [7, 11) is 0. The molecule has 1 aliphatic carbocycles. The molecule has 0 N–H and O–H groups in total. The summed E-state index contributed by atoms with van der Waals surface area (Å²) in [6.45, 7) is 10.4. The van der Waals surface area contributed by atoms with Gasteiger partial charge < -0.3 is 4.74 Å². The molecule has 0 saturated carbocycles. The lowest BCUT2D eigenvalue weighted by molar-refractivity contribution is -0.145. The zero-order valence-electron chi connectivity index (χ0n) is 11.8. The van der Waals surface area contributed by atoms with Gasteiger partial charge in [-0.25, -0.2) is 0 Å². The van der Waals surface area contributed by atoms with E-state index in [4.69, 9.17) is 4.74 Å². The predicted molar refractivity (Wildman–Crippen MR) is 72.6 cm³/mol. The highest BCUT2D eigenvalue weighted by molar-refractivity contribution is 5.98. The molecule has 0 radical (unpaired) electrons.